The summed E-state index contributed by atoms with van der Waals surface area (Å²) in [6.45, 7) is 2.52. The van der Waals surface area contributed by atoms with Gasteiger partial charge in [-0.05, 0) is 24.1 Å². The first-order chi connectivity index (χ1) is 11.1. The number of carbonyl (C=O) groups is 1. The SMILES string of the molecule is CCCCCCCCCCC(=O)OCCc1ccc(O)c(O)c1. The lowest BCUT2D eigenvalue weighted by Crippen LogP contribution is -2.07. The summed E-state index contributed by atoms with van der Waals surface area (Å²) in [7, 11) is 0. The fraction of sp³-hybridized carbons (Fsp3) is 0.632. The van der Waals surface area contributed by atoms with Crippen molar-refractivity contribution in [2.24, 2.45) is 0 Å². The molecule has 1 aromatic rings. The molecule has 4 nitrogen and oxygen atoms in total. The number of phenolic OH excluding ortho intramolecular Hbond substituents is 2. The molecule has 0 spiro atoms. The Morgan fingerprint density at radius 2 is 1.61 bits per heavy atom. The fourth-order valence-electron chi connectivity index (χ4n) is 2.48. The molecule has 0 aliphatic heterocycles. The third kappa shape index (κ3) is 9.11. The zero-order chi connectivity index (χ0) is 16.9. The summed E-state index contributed by atoms with van der Waals surface area (Å²) in [6, 6.07) is 4.64. The van der Waals surface area contributed by atoms with Crippen LogP contribution in [0, 0.1) is 0 Å². The van der Waals surface area contributed by atoms with Gasteiger partial charge in [0.25, 0.3) is 0 Å². The van der Waals surface area contributed by atoms with Crippen molar-refractivity contribution in [2.45, 2.75) is 71.1 Å². The highest BCUT2D eigenvalue weighted by atomic mass is 16.5. The van der Waals surface area contributed by atoms with E-state index < -0.39 is 0 Å². The number of aromatic hydroxyl groups is 2. The standard InChI is InChI=1S/C19H30O4/c1-2-3-4-5-6-7-8-9-10-19(22)23-14-13-16-11-12-17(20)18(21)15-16/h11-12,15,20-21H,2-10,13-14H2,1H3. The monoisotopic (exact) mass is 322 g/mol. The predicted molar refractivity (Wildman–Crippen MR) is 91.7 cm³/mol. The number of phenols is 2. The predicted octanol–water partition coefficient (Wildman–Crippen LogP) is 4.71. The molecule has 0 amide bonds. The highest BCUT2D eigenvalue weighted by molar-refractivity contribution is 5.69. The molecule has 1 aromatic carbocycles. The second kappa shape index (κ2) is 11.8. The molecule has 2 N–H and O–H groups in total. The number of carbonyl (C=O) groups excluding carboxylic acids is 1. The Labute approximate surface area is 139 Å². The van der Waals surface area contributed by atoms with Gasteiger partial charge in [-0.2, -0.15) is 0 Å². The highest BCUT2D eigenvalue weighted by Gasteiger charge is 2.04. The Morgan fingerprint density at radius 3 is 2.26 bits per heavy atom. The smallest absolute Gasteiger partial charge is 0.305 e. The van der Waals surface area contributed by atoms with E-state index in [0.717, 1.165) is 18.4 Å². The van der Waals surface area contributed by atoms with E-state index in [4.69, 9.17) is 4.74 Å². The number of ether oxygens (including phenoxy) is 1. The van der Waals surface area contributed by atoms with E-state index in [1.807, 2.05) is 0 Å². The lowest BCUT2D eigenvalue weighted by Gasteiger charge is -2.06. The lowest BCUT2D eigenvalue weighted by molar-refractivity contribution is -0.143. The quantitative estimate of drug-likeness (QED) is 0.332. The van der Waals surface area contributed by atoms with Crippen LogP contribution in [-0.4, -0.2) is 22.8 Å². The van der Waals surface area contributed by atoms with E-state index >= 15 is 0 Å². The lowest BCUT2D eigenvalue weighted by atomic mass is 10.1. The van der Waals surface area contributed by atoms with Gasteiger partial charge in [0.1, 0.15) is 0 Å². The minimum atomic E-state index is -0.154. The maximum atomic E-state index is 11.6. The summed E-state index contributed by atoms with van der Waals surface area (Å²) in [5.74, 6) is -0.438. The van der Waals surface area contributed by atoms with Crippen LogP contribution in [-0.2, 0) is 16.0 Å². The second-order valence-corrected chi connectivity index (χ2v) is 6.02. The van der Waals surface area contributed by atoms with Gasteiger partial charge in [0.05, 0.1) is 6.61 Å². The zero-order valence-corrected chi connectivity index (χ0v) is 14.2. The topological polar surface area (TPSA) is 66.8 Å². The molecule has 1 rings (SSSR count). The average molecular weight is 322 g/mol. The molecule has 0 fully saturated rings. The normalized spacial score (nSPS) is 10.7. The van der Waals surface area contributed by atoms with Gasteiger partial charge in [-0.1, -0.05) is 57.9 Å². The number of hydrogen-bond acceptors (Lipinski definition) is 4. The Bertz CT molecular complexity index is 457. The van der Waals surface area contributed by atoms with Crippen molar-refractivity contribution < 1.29 is 19.7 Å². The molecular formula is C19H30O4. The number of unbranched alkanes of at least 4 members (excludes halogenated alkanes) is 7. The summed E-state index contributed by atoms with van der Waals surface area (Å²) in [4.78, 5) is 11.6. The van der Waals surface area contributed by atoms with E-state index in [2.05, 4.69) is 6.92 Å². The molecule has 4 heteroatoms. The van der Waals surface area contributed by atoms with Gasteiger partial charge < -0.3 is 14.9 Å². The molecular weight excluding hydrogens is 292 g/mol. The van der Waals surface area contributed by atoms with Crippen LogP contribution in [0.4, 0.5) is 0 Å². The van der Waals surface area contributed by atoms with Gasteiger partial charge in [-0.25, -0.2) is 0 Å². The highest BCUT2D eigenvalue weighted by Crippen LogP contribution is 2.24. The first-order valence-corrected chi connectivity index (χ1v) is 8.80. The van der Waals surface area contributed by atoms with Gasteiger partial charge in [0.15, 0.2) is 11.5 Å². The van der Waals surface area contributed by atoms with Crippen molar-refractivity contribution in [3.8, 4) is 11.5 Å². The first kappa shape index (κ1) is 19.3. The molecule has 0 saturated heterocycles. The van der Waals surface area contributed by atoms with Crippen LogP contribution in [0.5, 0.6) is 11.5 Å². The average Bonchev–Trinajstić information content (AvgIpc) is 2.53. The molecule has 130 valence electrons. The minimum Gasteiger partial charge on any atom is -0.504 e. The van der Waals surface area contributed by atoms with E-state index in [1.165, 1.54) is 50.7 Å². The number of hydrogen-bond donors (Lipinski definition) is 2. The summed E-state index contributed by atoms with van der Waals surface area (Å²) >= 11 is 0. The molecule has 0 unspecified atom stereocenters. The minimum absolute atomic E-state index is 0.138. The Hall–Kier alpha value is -1.71. The maximum absolute atomic E-state index is 11.6. The maximum Gasteiger partial charge on any atom is 0.305 e. The van der Waals surface area contributed by atoms with Crippen LogP contribution in [0.2, 0.25) is 0 Å². The van der Waals surface area contributed by atoms with Crippen molar-refractivity contribution in [3.63, 3.8) is 0 Å². The van der Waals surface area contributed by atoms with Crippen molar-refractivity contribution >= 4 is 5.97 Å². The first-order valence-electron chi connectivity index (χ1n) is 8.80. The molecule has 0 atom stereocenters. The number of benzene rings is 1. The van der Waals surface area contributed by atoms with E-state index in [9.17, 15) is 15.0 Å². The second-order valence-electron chi connectivity index (χ2n) is 6.02. The van der Waals surface area contributed by atoms with Crippen LogP contribution in [0.3, 0.4) is 0 Å². The van der Waals surface area contributed by atoms with Crippen LogP contribution in [0.1, 0.15) is 70.3 Å². The molecule has 0 saturated carbocycles. The Morgan fingerprint density at radius 1 is 0.957 bits per heavy atom. The Balaban J connectivity index is 2.01. The van der Waals surface area contributed by atoms with Crippen molar-refractivity contribution in [1.29, 1.82) is 0 Å². The van der Waals surface area contributed by atoms with Gasteiger partial charge >= 0.3 is 5.97 Å². The van der Waals surface area contributed by atoms with Crippen molar-refractivity contribution in [2.75, 3.05) is 6.61 Å². The molecule has 0 radical (unpaired) electrons. The third-order valence-corrected chi connectivity index (χ3v) is 3.93. The third-order valence-electron chi connectivity index (χ3n) is 3.93. The van der Waals surface area contributed by atoms with E-state index in [1.54, 1.807) is 6.07 Å². The summed E-state index contributed by atoms with van der Waals surface area (Å²) in [5, 5.41) is 18.6. The van der Waals surface area contributed by atoms with Crippen LogP contribution in [0.15, 0.2) is 18.2 Å². The Kier molecular flexibility index (Phi) is 9.92. The molecule has 23 heavy (non-hydrogen) atoms. The van der Waals surface area contributed by atoms with Crippen LogP contribution in [0.25, 0.3) is 0 Å². The molecule has 0 bridgehead atoms. The van der Waals surface area contributed by atoms with Crippen LogP contribution >= 0.6 is 0 Å². The van der Waals surface area contributed by atoms with E-state index in [0.29, 0.717) is 19.4 Å². The molecule has 0 heterocycles. The summed E-state index contributed by atoms with van der Waals surface area (Å²) in [6.07, 6.45) is 10.7. The van der Waals surface area contributed by atoms with Gasteiger partial charge in [0, 0.05) is 12.8 Å². The van der Waals surface area contributed by atoms with Crippen LogP contribution < -0.4 is 0 Å². The van der Waals surface area contributed by atoms with E-state index in [-0.39, 0.29) is 17.5 Å². The summed E-state index contributed by atoms with van der Waals surface area (Å²) < 4.78 is 5.19. The zero-order valence-electron chi connectivity index (χ0n) is 14.2. The molecule has 0 aliphatic carbocycles. The van der Waals surface area contributed by atoms with Crippen molar-refractivity contribution in [1.82, 2.24) is 0 Å². The largest absolute Gasteiger partial charge is 0.504 e. The summed E-state index contributed by atoms with van der Waals surface area (Å²) in [5.41, 5.74) is 0.833. The van der Waals surface area contributed by atoms with Gasteiger partial charge in [-0.15, -0.1) is 0 Å². The molecule has 0 aromatic heterocycles. The van der Waals surface area contributed by atoms with Crippen molar-refractivity contribution in [3.05, 3.63) is 23.8 Å². The number of rotatable bonds is 12. The van der Waals surface area contributed by atoms with Gasteiger partial charge in [0.2, 0.25) is 0 Å². The fourth-order valence-corrected chi connectivity index (χ4v) is 2.48. The number of esters is 1. The van der Waals surface area contributed by atoms with Gasteiger partial charge in [-0.3, -0.25) is 4.79 Å². The molecule has 0 aliphatic rings.